The Bertz CT molecular complexity index is 3090. The van der Waals surface area contributed by atoms with E-state index in [1.54, 1.807) is 6.07 Å². The number of nitrogens with zero attached hydrogens (tertiary/aromatic N) is 2. The third-order valence-electron chi connectivity index (χ3n) is 12.6. The van der Waals surface area contributed by atoms with Crippen molar-refractivity contribution >= 4 is 39.2 Å². The molecular formula is C56H43FN2O2. The zero-order valence-electron chi connectivity index (χ0n) is 34.3. The van der Waals surface area contributed by atoms with Crippen LogP contribution < -0.4 is 19.3 Å². The summed E-state index contributed by atoms with van der Waals surface area (Å²) in [6.45, 7) is 6.55. The number of para-hydroxylation sites is 1. The van der Waals surface area contributed by atoms with Crippen LogP contribution in [0.1, 0.15) is 37.0 Å². The van der Waals surface area contributed by atoms with Crippen LogP contribution >= 0.6 is 0 Å². The molecule has 11 rings (SSSR count). The van der Waals surface area contributed by atoms with Crippen molar-refractivity contribution in [2.45, 2.75) is 38.6 Å². The SMILES string of the molecule is Cc1cc(F)ccc1N(c1ccc2c(c1)Oc1cccc3c(Oc4cccc(N(c5ccccc5)C5C=CC=CC5)c4)ccc-2c13)c1ccc2c(c1)C(C)(C)c1ccccc1-2. The molecule has 0 radical (unpaired) electrons. The number of hydrogen-bond acceptors (Lipinski definition) is 4. The van der Waals surface area contributed by atoms with E-state index in [0.29, 0.717) is 0 Å². The molecule has 8 aromatic rings. The van der Waals surface area contributed by atoms with Gasteiger partial charge in [0.1, 0.15) is 28.8 Å². The highest BCUT2D eigenvalue weighted by molar-refractivity contribution is 6.07. The van der Waals surface area contributed by atoms with E-state index >= 15 is 0 Å². The number of aryl methyl sites for hydroxylation is 1. The molecule has 4 nitrogen and oxygen atoms in total. The molecule has 0 fully saturated rings. The van der Waals surface area contributed by atoms with E-state index < -0.39 is 0 Å². The largest absolute Gasteiger partial charge is 0.457 e. The van der Waals surface area contributed by atoms with Crippen molar-refractivity contribution in [2.24, 2.45) is 0 Å². The van der Waals surface area contributed by atoms with Gasteiger partial charge in [-0.2, -0.15) is 0 Å². The lowest BCUT2D eigenvalue weighted by molar-refractivity contribution is 0.481. The van der Waals surface area contributed by atoms with Gasteiger partial charge in [-0.3, -0.25) is 0 Å². The third kappa shape index (κ3) is 6.19. The van der Waals surface area contributed by atoms with Crippen molar-refractivity contribution in [1.29, 1.82) is 0 Å². The summed E-state index contributed by atoms with van der Waals surface area (Å²) in [5.41, 5.74) is 12.9. The first-order chi connectivity index (χ1) is 29.8. The maximum Gasteiger partial charge on any atom is 0.137 e. The van der Waals surface area contributed by atoms with Crippen molar-refractivity contribution in [1.82, 2.24) is 0 Å². The minimum absolute atomic E-state index is 0.176. The minimum Gasteiger partial charge on any atom is -0.457 e. The molecule has 61 heavy (non-hydrogen) atoms. The van der Waals surface area contributed by atoms with Gasteiger partial charge in [0.25, 0.3) is 0 Å². The zero-order valence-corrected chi connectivity index (χ0v) is 34.3. The van der Waals surface area contributed by atoms with E-state index in [1.807, 2.05) is 31.2 Å². The number of benzene rings is 8. The van der Waals surface area contributed by atoms with Gasteiger partial charge in [-0.1, -0.05) is 105 Å². The Kier molecular flexibility index (Phi) is 8.67. The van der Waals surface area contributed by atoms with Crippen molar-refractivity contribution < 1.29 is 13.9 Å². The van der Waals surface area contributed by atoms with Crippen molar-refractivity contribution in [3.8, 4) is 45.3 Å². The van der Waals surface area contributed by atoms with Crippen LogP contribution in [0.15, 0.2) is 188 Å². The highest BCUT2D eigenvalue weighted by Gasteiger charge is 2.36. The smallest absolute Gasteiger partial charge is 0.137 e. The first-order valence-corrected chi connectivity index (χ1v) is 21.0. The molecule has 0 spiro atoms. The molecule has 5 heteroatoms. The van der Waals surface area contributed by atoms with Crippen LogP contribution in [-0.4, -0.2) is 6.04 Å². The summed E-state index contributed by atoms with van der Waals surface area (Å²) < 4.78 is 28.2. The molecule has 1 atom stereocenters. The summed E-state index contributed by atoms with van der Waals surface area (Å²) in [5, 5.41) is 1.98. The van der Waals surface area contributed by atoms with E-state index in [2.05, 4.69) is 175 Å². The van der Waals surface area contributed by atoms with E-state index in [-0.39, 0.29) is 17.3 Å². The van der Waals surface area contributed by atoms with Crippen LogP contribution in [0.5, 0.6) is 23.0 Å². The maximum absolute atomic E-state index is 14.6. The third-order valence-corrected chi connectivity index (χ3v) is 12.6. The van der Waals surface area contributed by atoms with E-state index in [1.165, 1.54) is 28.3 Å². The van der Waals surface area contributed by atoms with Crippen LogP contribution in [0.25, 0.3) is 33.0 Å². The predicted molar refractivity (Wildman–Crippen MR) is 248 cm³/mol. The van der Waals surface area contributed by atoms with E-state index in [9.17, 15) is 4.39 Å². The fourth-order valence-corrected chi connectivity index (χ4v) is 9.65. The molecule has 0 N–H and O–H groups in total. The van der Waals surface area contributed by atoms with Gasteiger partial charge in [-0.15, -0.1) is 0 Å². The summed E-state index contributed by atoms with van der Waals surface area (Å²) >= 11 is 0. The molecule has 3 aliphatic rings. The molecule has 1 unspecified atom stereocenters. The number of fused-ring (bicyclic) bond motifs is 5. The number of ether oxygens (including phenoxy) is 2. The molecule has 2 aliphatic carbocycles. The van der Waals surface area contributed by atoms with Crippen LogP contribution in [0.4, 0.5) is 32.8 Å². The Morgan fingerprint density at radius 3 is 2.20 bits per heavy atom. The summed E-state index contributed by atoms with van der Waals surface area (Å²) in [6.07, 6.45) is 9.61. The van der Waals surface area contributed by atoms with E-state index in [0.717, 1.165) is 85.3 Å². The summed E-state index contributed by atoms with van der Waals surface area (Å²) in [5.74, 6) is 2.78. The molecule has 0 aromatic heterocycles. The molecule has 1 aliphatic heterocycles. The van der Waals surface area contributed by atoms with Crippen molar-refractivity contribution in [2.75, 3.05) is 9.80 Å². The lowest BCUT2D eigenvalue weighted by atomic mass is 9.82. The van der Waals surface area contributed by atoms with Gasteiger partial charge >= 0.3 is 0 Å². The second kappa shape index (κ2) is 14.4. The van der Waals surface area contributed by atoms with Crippen molar-refractivity contribution in [3.63, 3.8) is 0 Å². The lowest BCUT2D eigenvalue weighted by Crippen LogP contribution is -2.29. The first-order valence-electron chi connectivity index (χ1n) is 21.0. The highest BCUT2D eigenvalue weighted by Crippen LogP contribution is 2.53. The fraction of sp³-hybridized carbons (Fsp3) is 0.107. The monoisotopic (exact) mass is 794 g/mol. The quantitative estimate of drug-likeness (QED) is 0.153. The normalized spacial score (nSPS) is 15.1. The minimum atomic E-state index is -0.259. The van der Waals surface area contributed by atoms with Gasteiger partial charge in [0.05, 0.1) is 6.04 Å². The topological polar surface area (TPSA) is 24.9 Å². The van der Waals surface area contributed by atoms with Gasteiger partial charge < -0.3 is 19.3 Å². The molecule has 1 heterocycles. The zero-order chi connectivity index (χ0) is 41.2. The molecular weight excluding hydrogens is 752 g/mol. The average Bonchev–Trinajstić information content (AvgIpc) is 3.51. The van der Waals surface area contributed by atoms with Gasteiger partial charge in [-0.05, 0) is 132 Å². The number of hydrogen-bond donors (Lipinski definition) is 0. The number of anilines is 5. The second-order valence-electron chi connectivity index (χ2n) is 16.7. The number of rotatable bonds is 8. The highest BCUT2D eigenvalue weighted by atomic mass is 19.1. The molecule has 0 saturated carbocycles. The number of halogens is 1. The summed E-state index contributed by atoms with van der Waals surface area (Å²) in [7, 11) is 0. The van der Waals surface area contributed by atoms with Crippen LogP contribution in [0, 0.1) is 12.7 Å². The predicted octanol–water partition coefficient (Wildman–Crippen LogP) is 15.7. The Morgan fingerprint density at radius 1 is 0.607 bits per heavy atom. The lowest BCUT2D eigenvalue weighted by Gasteiger charge is -2.32. The molecule has 8 aromatic carbocycles. The molecule has 296 valence electrons. The van der Waals surface area contributed by atoms with Gasteiger partial charge in [-0.25, -0.2) is 4.39 Å². The molecule has 0 bridgehead atoms. The van der Waals surface area contributed by atoms with Gasteiger partial charge in [0.2, 0.25) is 0 Å². The first kappa shape index (κ1) is 36.7. The Labute approximate surface area is 356 Å². The average molecular weight is 795 g/mol. The van der Waals surface area contributed by atoms with Crippen LogP contribution in [0.2, 0.25) is 0 Å². The Hall–Kier alpha value is -7.37. The standard InChI is InChI=1S/C56H43FN2O2/c1-36-32-37(57)24-30-51(36)59(41-25-27-45-44-20-10-11-22-49(44)56(2,3)50(45)34-41)42-26-28-46-47-29-31-52(48-21-13-23-53(55(47)48)61-54(46)35-42)60-43-19-12-18-40(33-43)58(38-14-6-4-7-15-38)39-16-8-5-9-17-39/h4-16,18-35,39H,17H2,1-3H3. The van der Waals surface area contributed by atoms with Crippen molar-refractivity contribution in [3.05, 3.63) is 211 Å². The number of allylic oxidation sites excluding steroid dienone is 2. The second-order valence-corrected chi connectivity index (χ2v) is 16.7. The Morgan fingerprint density at radius 2 is 1.36 bits per heavy atom. The molecule has 0 amide bonds. The Balaban J connectivity index is 0.963. The van der Waals surface area contributed by atoms with Gasteiger partial charge in [0, 0.05) is 62.3 Å². The molecule has 0 saturated heterocycles. The maximum atomic E-state index is 14.6. The van der Waals surface area contributed by atoms with Crippen LogP contribution in [-0.2, 0) is 5.41 Å². The summed E-state index contributed by atoms with van der Waals surface area (Å²) in [6, 6.07) is 56.2. The van der Waals surface area contributed by atoms with Gasteiger partial charge in [0.15, 0.2) is 0 Å². The van der Waals surface area contributed by atoms with Crippen LogP contribution in [0.3, 0.4) is 0 Å². The fourth-order valence-electron chi connectivity index (χ4n) is 9.65. The summed E-state index contributed by atoms with van der Waals surface area (Å²) in [4.78, 5) is 4.59. The van der Waals surface area contributed by atoms with E-state index in [4.69, 9.17) is 9.47 Å².